The van der Waals surface area contributed by atoms with Crippen molar-refractivity contribution in [3.8, 4) is 0 Å². The van der Waals surface area contributed by atoms with E-state index in [9.17, 15) is 0 Å². The van der Waals surface area contributed by atoms with Gasteiger partial charge < -0.3 is 4.52 Å². The molecule has 0 aromatic carbocycles. The van der Waals surface area contributed by atoms with Crippen LogP contribution in [0.15, 0.2) is 28.9 Å². The highest BCUT2D eigenvalue weighted by Gasteiger charge is 2.29. The molecule has 6 heteroatoms. The Labute approximate surface area is 130 Å². The standard InChI is InChI=1S/C16H21N5O/c1-2-6-17-14(3-1)11-20-7-9-21(10-8-20)12-15-18-16(19-22-15)13-4-5-13/h1-3,6,13H,4-5,7-12H2. The molecule has 4 rings (SSSR count). The van der Waals surface area contributed by atoms with E-state index in [0.717, 1.165) is 56.7 Å². The lowest BCUT2D eigenvalue weighted by atomic mass is 10.2. The van der Waals surface area contributed by atoms with Crippen molar-refractivity contribution in [1.29, 1.82) is 0 Å². The van der Waals surface area contributed by atoms with Crippen molar-refractivity contribution < 1.29 is 4.52 Å². The number of hydrogen-bond donors (Lipinski definition) is 0. The monoisotopic (exact) mass is 299 g/mol. The smallest absolute Gasteiger partial charge is 0.240 e. The molecule has 2 aromatic heterocycles. The van der Waals surface area contributed by atoms with Crippen LogP contribution < -0.4 is 0 Å². The molecule has 2 aromatic rings. The van der Waals surface area contributed by atoms with E-state index in [4.69, 9.17) is 4.52 Å². The first kappa shape index (κ1) is 13.8. The summed E-state index contributed by atoms with van der Waals surface area (Å²) in [4.78, 5) is 13.7. The largest absolute Gasteiger partial charge is 0.338 e. The summed E-state index contributed by atoms with van der Waals surface area (Å²) in [7, 11) is 0. The van der Waals surface area contributed by atoms with Gasteiger partial charge in [-0.2, -0.15) is 4.98 Å². The third-order valence-corrected chi connectivity index (χ3v) is 4.36. The van der Waals surface area contributed by atoms with Gasteiger partial charge in [0.2, 0.25) is 5.89 Å². The van der Waals surface area contributed by atoms with Crippen molar-refractivity contribution in [3.05, 3.63) is 41.8 Å². The Kier molecular flexibility index (Phi) is 3.86. The zero-order valence-electron chi connectivity index (χ0n) is 12.7. The van der Waals surface area contributed by atoms with E-state index in [1.165, 1.54) is 12.8 Å². The molecule has 0 amide bonds. The van der Waals surface area contributed by atoms with Gasteiger partial charge in [0, 0.05) is 44.8 Å². The predicted molar refractivity (Wildman–Crippen MR) is 81.1 cm³/mol. The molecule has 0 atom stereocenters. The molecular formula is C16H21N5O. The van der Waals surface area contributed by atoms with Crippen molar-refractivity contribution >= 4 is 0 Å². The summed E-state index contributed by atoms with van der Waals surface area (Å²) in [6.45, 7) is 5.89. The van der Waals surface area contributed by atoms with E-state index in [2.05, 4.69) is 31.0 Å². The summed E-state index contributed by atoms with van der Waals surface area (Å²) in [6, 6.07) is 6.09. The first-order valence-corrected chi connectivity index (χ1v) is 8.04. The predicted octanol–water partition coefficient (Wildman–Crippen LogP) is 1.66. The Balaban J connectivity index is 1.26. The minimum Gasteiger partial charge on any atom is -0.338 e. The van der Waals surface area contributed by atoms with E-state index < -0.39 is 0 Å². The SMILES string of the molecule is c1ccc(CN2CCN(Cc3nc(C4CC4)no3)CC2)nc1. The van der Waals surface area contributed by atoms with E-state index in [1.54, 1.807) is 0 Å². The minimum absolute atomic E-state index is 0.563. The lowest BCUT2D eigenvalue weighted by Gasteiger charge is -2.33. The third-order valence-electron chi connectivity index (χ3n) is 4.36. The lowest BCUT2D eigenvalue weighted by Crippen LogP contribution is -2.45. The molecule has 1 aliphatic heterocycles. The Morgan fingerprint density at radius 1 is 1.05 bits per heavy atom. The number of aromatic nitrogens is 3. The molecule has 0 N–H and O–H groups in total. The highest BCUT2D eigenvalue weighted by Crippen LogP contribution is 2.38. The van der Waals surface area contributed by atoms with Crippen molar-refractivity contribution in [2.24, 2.45) is 0 Å². The zero-order valence-corrected chi connectivity index (χ0v) is 12.7. The molecule has 6 nitrogen and oxygen atoms in total. The second-order valence-corrected chi connectivity index (χ2v) is 6.19. The maximum Gasteiger partial charge on any atom is 0.240 e. The van der Waals surface area contributed by atoms with Crippen LogP contribution >= 0.6 is 0 Å². The van der Waals surface area contributed by atoms with Gasteiger partial charge in [-0.05, 0) is 25.0 Å². The maximum absolute atomic E-state index is 5.36. The zero-order chi connectivity index (χ0) is 14.8. The number of piperazine rings is 1. The first-order chi connectivity index (χ1) is 10.9. The average Bonchev–Trinajstić information content (AvgIpc) is 3.30. The van der Waals surface area contributed by atoms with Crippen LogP contribution in [0, 0.1) is 0 Å². The fourth-order valence-corrected chi connectivity index (χ4v) is 2.86. The molecule has 0 spiro atoms. The summed E-state index contributed by atoms with van der Waals surface area (Å²) in [5.41, 5.74) is 1.14. The molecule has 0 bridgehead atoms. The van der Waals surface area contributed by atoms with Gasteiger partial charge in [0.25, 0.3) is 0 Å². The first-order valence-electron chi connectivity index (χ1n) is 8.04. The molecule has 116 valence electrons. The van der Waals surface area contributed by atoms with Crippen LogP contribution in [0.2, 0.25) is 0 Å². The van der Waals surface area contributed by atoms with Crippen LogP contribution in [0.1, 0.15) is 36.2 Å². The van der Waals surface area contributed by atoms with Gasteiger partial charge in [-0.3, -0.25) is 14.8 Å². The van der Waals surface area contributed by atoms with E-state index in [1.807, 2.05) is 18.3 Å². The van der Waals surface area contributed by atoms with Crippen molar-refractivity contribution in [3.63, 3.8) is 0 Å². The maximum atomic E-state index is 5.36. The normalized spacial score (nSPS) is 20.4. The topological polar surface area (TPSA) is 58.3 Å². The molecule has 1 saturated heterocycles. The van der Waals surface area contributed by atoms with E-state index in [-0.39, 0.29) is 0 Å². The highest BCUT2D eigenvalue weighted by atomic mass is 16.5. The fourth-order valence-electron chi connectivity index (χ4n) is 2.86. The third kappa shape index (κ3) is 3.34. The van der Waals surface area contributed by atoms with Gasteiger partial charge >= 0.3 is 0 Å². The lowest BCUT2D eigenvalue weighted by molar-refractivity contribution is 0.111. The molecule has 22 heavy (non-hydrogen) atoms. The molecule has 0 unspecified atom stereocenters. The fraction of sp³-hybridized carbons (Fsp3) is 0.562. The molecule has 3 heterocycles. The second-order valence-electron chi connectivity index (χ2n) is 6.19. The number of nitrogens with zero attached hydrogens (tertiary/aromatic N) is 5. The van der Waals surface area contributed by atoms with E-state index >= 15 is 0 Å². The van der Waals surface area contributed by atoms with Gasteiger partial charge in [-0.25, -0.2) is 0 Å². The number of pyridine rings is 1. The van der Waals surface area contributed by atoms with E-state index in [0.29, 0.717) is 5.92 Å². The molecule has 2 aliphatic rings. The van der Waals surface area contributed by atoms with Crippen LogP contribution in [0.4, 0.5) is 0 Å². The molecule has 1 aliphatic carbocycles. The quantitative estimate of drug-likeness (QED) is 0.837. The Morgan fingerprint density at radius 2 is 1.82 bits per heavy atom. The van der Waals surface area contributed by atoms with Crippen molar-refractivity contribution in [2.75, 3.05) is 26.2 Å². The molecule has 1 saturated carbocycles. The highest BCUT2D eigenvalue weighted by molar-refractivity contribution is 5.04. The van der Waals surface area contributed by atoms with Gasteiger partial charge in [0.1, 0.15) is 0 Å². The number of hydrogen-bond acceptors (Lipinski definition) is 6. The summed E-state index contributed by atoms with van der Waals surface area (Å²) in [5.74, 6) is 2.23. The number of rotatable bonds is 5. The van der Waals surface area contributed by atoms with Crippen LogP contribution in [-0.2, 0) is 13.1 Å². The van der Waals surface area contributed by atoms with Crippen molar-refractivity contribution in [1.82, 2.24) is 24.9 Å². The van der Waals surface area contributed by atoms with Crippen LogP contribution in [0.25, 0.3) is 0 Å². The summed E-state index contributed by atoms with van der Waals surface area (Å²) in [6.07, 6.45) is 4.29. The molecular weight excluding hydrogens is 278 g/mol. The minimum atomic E-state index is 0.563. The Bertz CT molecular complexity index is 602. The average molecular weight is 299 g/mol. The molecule has 0 radical (unpaired) electrons. The van der Waals surface area contributed by atoms with Gasteiger partial charge in [0.05, 0.1) is 12.2 Å². The van der Waals surface area contributed by atoms with Crippen LogP contribution in [0.5, 0.6) is 0 Å². The Morgan fingerprint density at radius 3 is 2.50 bits per heavy atom. The summed E-state index contributed by atoms with van der Waals surface area (Å²) < 4.78 is 5.36. The van der Waals surface area contributed by atoms with Crippen molar-refractivity contribution in [2.45, 2.75) is 31.8 Å². The Hall–Kier alpha value is -1.79. The van der Waals surface area contributed by atoms with Crippen LogP contribution in [0.3, 0.4) is 0 Å². The summed E-state index contributed by atoms with van der Waals surface area (Å²) >= 11 is 0. The van der Waals surface area contributed by atoms with Gasteiger partial charge in [0.15, 0.2) is 5.82 Å². The molecule has 2 fully saturated rings. The van der Waals surface area contributed by atoms with Gasteiger partial charge in [-0.15, -0.1) is 0 Å². The van der Waals surface area contributed by atoms with Crippen LogP contribution in [-0.4, -0.2) is 51.1 Å². The van der Waals surface area contributed by atoms with Gasteiger partial charge in [-0.1, -0.05) is 11.2 Å². The second kappa shape index (κ2) is 6.14. The summed E-state index contributed by atoms with van der Waals surface area (Å²) in [5, 5.41) is 4.08.